The number of nitrogens with zero attached hydrogens (tertiary/aromatic N) is 3. The number of nitrogens with two attached hydrogens (primary N) is 1. The normalized spacial score (nSPS) is 13.7. The molecule has 2 N–H and O–H groups in total. The van der Waals surface area contributed by atoms with Gasteiger partial charge < -0.3 is 10.6 Å². The Morgan fingerprint density at radius 3 is 2.77 bits per heavy atom. The van der Waals surface area contributed by atoms with E-state index < -0.39 is 17.1 Å². The highest BCUT2D eigenvalue weighted by Crippen LogP contribution is 2.45. The van der Waals surface area contributed by atoms with Crippen molar-refractivity contribution in [1.29, 1.82) is 0 Å². The molecule has 0 atom stereocenters. The molecule has 0 bridgehead atoms. The molecule has 0 unspecified atom stereocenters. The number of ether oxygens (including phenoxy) is 1. The second kappa shape index (κ2) is 6.81. The highest BCUT2D eigenvalue weighted by Gasteiger charge is 2.33. The number of rotatable bonds is 4. The van der Waals surface area contributed by atoms with E-state index in [0.29, 0.717) is 15.8 Å². The fraction of sp³-hybridized carbons (Fsp3) is 0.190. The molecule has 4 aromatic rings. The van der Waals surface area contributed by atoms with E-state index in [1.807, 2.05) is 24.3 Å². The first-order valence-corrected chi connectivity index (χ1v) is 10.2. The monoisotopic (exact) mass is 424 g/mol. The van der Waals surface area contributed by atoms with Gasteiger partial charge in [0.05, 0.1) is 35.0 Å². The lowest BCUT2D eigenvalue weighted by Gasteiger charge is -2.16. The smallest absolute Gasteiger partial charge is 0.354 e. The van der Waals surface area contributed by atoms with E-state index in [9.17, 15) is 9.59 Å². The van der Waals surface area contributed by atoms with E-state index in [2.05, 4.69) is 4.98 Å². The number of halogens is 1. The maximum Gasteiger partial charge on any atom is 0.354 e. The molecule has 5 rings (SSSR count). The van der Waals surface area contributed by atoms with E-state index in [4.69, 9.17) is 10.6 Å². The van der Waals surface area contributed by atoms with Gasteiger partial charge >= 0.3 is 5.69 Å². The molecular weight excluding hydrogens is 407 g/mol. The van der Waals surface area contributed by atoms with Crippen molar-refractivity contribution in [1.82, 2.24) is 14.1 Å². The molecule has 1 fully saturated rings. The third kappa shape index (κ3) is 2.73. The Hall–Kier alpha value is -3.46. The quantitative estimate of drug-likeness (QED) is 0.509. The molecule has 9 heteroatoms. The number of nitrogen functional groups attached to an aromatic ring is 1. The molecule has 1 saturated carbocycles. The SMILES string of the molecule is COc1c(-c2csc(-c3ccccn3)c2)c(F)cn2c(=O)n(N)c(=O)c(C3CC3)c12. The molecule has 152 valence electrons. The van der Waals surface area contributed by atoms with Gasteiger partial charge in [0.25, 0.3) is 5.56 Å². The third-order valence-corrected chi connectivity index (χ3v) is 6.23. The van der Waals surface area contributed by atoms with Gasteiger partial charge in [0.2, 0.25) is 0 Å². The molecule has 4 aromatic heterocycles. The standard InChI is InChI=1S/C21H17FN4O3S/c1-29-19-16(12-8-15(30-10-12)14-4-2-3-7-24-14)13(22)9-25-18(19)17(11-5-6-11)20(27)26(23)21(25)28/h2-4,7-11H,5-6,23H2,1H3. The lowest BCUT2D eigenvalue weighted by atomic mass is 10.0. The first kappa shape index (κ1) is 18.6. The summed E-state index contributed by atoms with van der Waals surface area (Å²) in [5.41, 5.74) is 0.833. The van der Waals surface area contributed by atoms with Gasteiger partial charge in [0.1, 0.15) is 5.52 Å². The predicted molar refractivity (Wildman–Crippen MR) is 113 cm³/mol. The number of hydrogen-bond donors (Lipinski definition) is 1. The van der Waals surface area contributed by atoms with Gasteiger partial charge in [-0.25, -0.2) is 9.18 Å². The van der Waals surface area contributed by atoms with Gasteiger partial charge in [-0.15, -0.1) is 11.3 Å². The van der Waals surface area contributed by atoms with Crippen LogP contribution in [0.25, 0.3) is 27.2 Å². The Labute approximate surface area is 173 Å². The highest BCUT2D eigenvalue weighted by atomic mass is 32.1. The van der Waals surface area contributed by atoms with E-state index in [0.717, 1.165) is 34.0 Å². The van der Waals surface area contributed by atoms with Gasteiger partial charge in [0, 0.05) is 6.20 Å². The number of pyridine rings is 2. The molecule has 0 amide bonds. The first-order valence-electron chi connectivity index (χ1n) is 9.34. The zero-order chi connectivity index (χ0) is 21.0. The van der Waals surface area contributed by atoms with Crippen LogP contribution in [-0.4, -0.2) is 21.2 Å². The van der Waals surface area contributed by atoms with Crippen LogP contribution in [0.5, 0.6) is 5.75 Å². The van der Waals surface area contributed by atoms with Gasteiger partial charge in [-0.1, -0.05) is 6.07 Å². The van der Waals surface area contributed by atoms with Crippen molar-refractivity contribution in [3.8, 4) is 27.4 Å². The summed E-state index contributed by atoms with van der Waals surface area (Å²) in [7, 11) is 1.40. The van der Waals surface area contributed by atoms with Crippen molar-refractivity contribution in [3.05, 3.63) is 74.3 Å². The lowest BCUT2D eigenvalue weighted by molar-refractivity contribution is 0.414. The molecule has 7 nitrogen and oxygen atoms in total. The summed E-state index contributed by atoms with van der Waals surface area (Å²) in [6, 6.07) is 7.40. The summed E-state index contributed by atoms with van der Waals surface area (Å²) in [4.78, 5) is 30.5. The highest BCUT2D eigenvalue weighted by molar-refractivity contribution is 7.14. The van der Waals surface area contributed by atoms with Crippen molar-refractivity contribution < 1.29 is 9.13 Å². The number of hydrogen-bond acceptors (Lipinski definition) is 6. The number of thiophene rings is 1. The fourth-order valence-electron chi connectivity index (χ4n) is 3.73. The summed E-state index contributed by atoms with van der Waals surface area (Å²) in [5, 5.41) is 1.81. The molecule has 0 spiro atoms. The van der Waals surface area contributed by atoms with Gasteiger partial charge in [-0.3, -0.25) is 14.2 Å². The molecule has 4 heterocycles. The minimum absolute atomic E-state index is 0.0262. The Balaban J connectivity index is 1.82. The number of methoxy groups -OCH3 is 1. The van der Waals surface area contributed by atoms with E-state index in [-0.39, 0.29) is 22.7 Å². The Kier molecular flexibility index (Phi) is 4.21. The molecule has 0 saturated heterocycles. The summed E-state index contributed by atoms with van der Waals surface area (Å²) >= 11 is 1.42. The van der Waals surface area contributed by atoms with Crippen molar-refractivity contribution in [2.45, 2.75) is 18.8 Å². The van der Waals surface area contributed by atoms with Crippen molar-refractivity contribution >= 4 is 16.9 Å². The van der Waals surface area contributed by atoms with Crippen LogP contribution in [0.1, 0.15) is 24.3 Å². The molecule has 1 aliphatic rings. The van der Waals surface area contributed by atoms with Crippen LogP contribution in [-0.2, 0) is 0 Å². The van der Waals surface area contributed by atoms with Crippen LogP contribution in [0.3, 0.4) is 0 Å². The van der Waals surface area contributed by atoms with Gasteiger partial charge in [-0.05, 0) is 47.9 Å². The Bertz CT molecular complexity index is 1400. The summed E-state index contributed by atoms with van der Waals surface area (Å²) < 4.78 is 22.4. The Morgan fingerprint density at radius 2 is 2.10 bits per heavy atom. The summed E-state index contributed by atoms with van der Waals surface area (Å²) in [6.07, 6.45) is 4.38. The zero-order valence-electron chi connectivity index (χ0n) is 16.0. The van der Waals surface area contributed by atoms with Crippen LogP contribution in [0.15, 0.2) is 51.6 Å². The van der Waals surface area contributed by atoms with Gasteiger partial charge in [0.15, 0.2) is 11.6 Å². The van der Waals surface area contributed by atoms with Crippen LogP contribution in [0, 0.1) is 5.82 Å². The second-order valence-corrected chi connectivity index (χ2v) is 8.08. The maximum absolute atomic E-state index is 15.2. The van der Waals surface area contributed by atoms with Crippen LogP contribution >= 0.6 is 11.3 Å². The minimum atomic E-state index is -0.817. The average Bonchev–Trinajstić information content (AvgIpc) is 3.48. The summed E-state index contributed by atoms with van der Waals surface area (Å²) in [6.45, 7) is 0. The lowest BCUT2D eigenvalue weighted by Crippen LogP contribution is -2.44. The van der Waals surface area contributed by atoms with E-state index >= 15 is 4.39 Å². The van der Waals surface area contributed by atoms with Crippen molar-refractivity contribution in [3.63, 3.8) is 0 Å². The van der Waals surface area contributed by atoms with Crippen molar-refractivity contribution in [2.24, 2.45) is 0 Å². The van der Waals surface area contributed by atoms with Crippen LogP contribution in [0.2, 0.25) is 0 Å². The Morgan fingerprint density at radius 1 is 1.30 bits per heavy atom. The van der Waals surface area contributed by atoms with E-state index in [1.54, 1.807) is 11.6 Å². The van der Waals surface area contributed by atoms with Gasteiger partial charge in [-0.2, -0.15) is 4.68 Å². The minimum Gasteiger partial charge on any atom is -0.494 e. The summed E-state index contributed by atoms with van der Waals surface area (Å²) in [5.74, 6) is 5.15. The maximum atomic E-state index is 15.2. The topological polar surface area (TPSA) is 91.6 Å². The third-order valence-electron chi connectivity index (χ3n) is 5.28. The molecule has 0 radical (unpaired) electrons. The predicted octanol–water partition coefficient (Wildman–Crippen LogP) is 2.99. The molecule has 1 aliphatic carbocycles. The zero-order valence-corrected chi connectivity index (χ0v) is 16.8. The van der Waals surface area contributed by atoms with Crippen molar-refractivity contribution in [2.75, 3.05) is 13.0 Å². The molecule has 0 aliphatic heterocycles. The fourth-order valence-corrected chi connectivity index (χ4v) is 4.61. The molecule has 0 aromatic carbocycles. The number of fused-ring (bicyclic) bond motifs is 1. The number of aromatic nitrogens is 3. The van der Waals surface area contributed by atoms with E-state index in [1.165, 1.54) is 18.4 Å². The molecule has 30 heavy (non-hydrogen) atoms. The van der Waals surface area contributed by atoms with Crippen LogP contribution in [0.4, 0.5) is 4.39 Å². The second-order valence-electron chi connectivity index (χ2n) is 7.16. The largest absolute Gasteiger partial charge is 0.494 e. The molecular formula is C21H17FN4O3S. The average molecular weight is 424 g/mol. The van der Waals surface area contributed by atoms with Crippen LogP contribution < -0.4 is 21.8 Å². The first-order chi connectivity index (χ1) is 14.5.